The third kappa shape index (κ3) is 7.98. The topological polar surface area (TPSA) is 94.2 Å². The fourth-order valence-corrected chi connectivity index (χ4v) is 5.45. The monoisotopic (exact) mass is 771 g/mol. The summed E-state index contributed by atoms with van der Waals surface area (Å²) in [6.45, 7) is 5.00. The number of carbonyl (C=O) groups is 3. The van der Waals surface area contributed by atoms with E-state index >= 15 is 4.39 Å². The van der Waals surface area contributed by atoms with Crippen molar-refractivity contribution in [1.82, 2.24) is 15.5 Å². The van der Waals surface area contributed by atoms with Crippen LogP contribution < -0.4 is 20.4 Å². The molecule has 2 aliphatic rings. The zero-order valence-electron chi connectivity index (χ0n) is 19.6. The molecule has 0 saturated carbocycles. The van der Waals surface area contributed by atoms with Crippen LogP contribution in [0.25, 0.3) is 0 Å². The molecule has 2 fully saturated rings. The van der Waals surface area contributed by atoms with E-state index in [-0.39, 0.29) is 25.0 Å². The number of hydrogen-bond acceptors (Lipinski definition) is 6. The minimum absolute atomic E-state index is 0.149. The van der Waals surface area contributed by atoms with Crippen LogP contribution in [0.1, 0.15) is 13.8 Å². The highest BCUT2D eigenvalue weighted by atomic mass is 80.0. The summed E-state index contributed by atoms with van der Waals surface area (Å²) in [4.78, 5) is 40.9. The van der Waals surface area contributed by atoms with E-state index in [0.717, 1.165) is 0 Å². The van der Waals surface area contributed by atoms with Gasteiger partial charge in [0.15, 0.2) is 2.14 Å². The Morgan fingerprint density at radius 1 is 1.22 bits per heavy atom. The summed E-state index contributed by atoms with van der Waals surface area (Å²) in [7, 11) is 0. The van der Waals surface area contributed by atoms with Gasteiger partial charge in [-0.3, -0.25) is 19.4 Å². The number of alkyl halides is 6. The van der Waals surface area contributed by atoms with E-state index in [1.54, 1.807) is 12.1 Å². The van der Waals surface area contributed by atoms with Gasteiger partial charge >= 0.3 is 6.09 Å². The van der Waals surface area contributed by atoms with E-state index in [1.165, 1.54) is 17.9 Å². The Labute approximate surface area is 254 Å². The van der Waals surface area contributed by atoms with Gasteiger partial charge in [0.25, 0.3) is 9.70 Å². The van der Waals surface area contributed by atoms with Crippen molar-refractivity contribution in [3.8, 4) is 0 Å². The predicted octanol–water partition coefficient (Wildman–Crippen LogP) is 4.45. The van der Waals surface area contributed by atoms with Gasteiger partial charge in [-0.2, -0.15) is 0 Å². The Morgan fingerprint density at radius 3 is 2.43 bits per heavy atom. The molecule has 2 heterocycles. The Kier molecular flexibility index (Phi) is 10.3. The summed E-state index contributed by atoms with van der Waals surface area (Å²) in [5.74, 6) is -1.51. The predicted molar refractivity (Wildman–Crippen MR) is 153 cm³/mol. The number of piperazine rings is 1. The standard InChI is InChI=1S/C21H24Br3Cl3FN5O4/c1-11-9-31(5-6-32(11)17(20(22,23)24)30-18(35)21(25,26)27)16-4-3-13(7-15(16)28)33-10-14(37-19(33)36)8-29-12(2)34/h3-4,7,11,14,17H,5-6,8-10H2,1-2H3,(H,29,34)(H,30,35)/t11?,14-,17?/m0/s1. The molecule has 0 spiro atoms. The molecule has 2 N–H and O–H groups in total. The summed E-state index contributed by atoms with van der Waals surface area (Å²) in [5.41, 5.74) is 0.739. The molecule has 3 rings (SSSR count). The molecular weight excluding hydrogens is 751 g/mol. The molecule has 0 radical (unpaired) electrons. The SMILES string of the molecule is CC(=O)NC[C@H]1CN(c2ccc(N3CCN(C(NC(=O)C(Cl)(Cl)Cl)C(Br)(Br)Br)C(C)C3)c(F)c2)C(=O)O1. The zero-order valence-corrected chi connectivity index (χ0v) is 26.6. The maximum absolute atomic E-state index is 15.2. The summed E-state index contributed by atoms with van der Waals surface area (Å²) in [5, 5.41) is 5.32. The van der Waals surface area contributed by atoms with Crippen LogP contribution in [-0.4, -0.2) is 79.8 Å². The maximum atomic E-state index is 15.2. The average molecular weight is 776 g/mol. The van der Waals surface area contributed by atoms with Gasteiger partial charge in [0.2, 0.25) is 5.91 Å². The molecule has 2 saturated heterocycles. The quantitative estimate of drug-likeness (QED) is 0.416. The van der Waals surface area contributed by atoms with Gasteiger partial charge in [0.05, 0.1) is 24.5 Å². The van der Waals surface area contributed by atoms with Gasteiger partial charge in [-0.1, -0.05) is 82.6 Å². The first-order chi connectivity index (χ1) is 17.1. The number of rotatable bonds is 6. The van der Waals surface area contributed by atoms with Crippen molar-refractivity contribution in [2.45, 2.75) is 38.1 Å². The van der Waals surface area contributed by atoms with E-state index < -0.39 is 36.0 Å². The number of amides is 3. The first-order valence-electron chi connectivity index (χ1n) is 11.0. The van der Waals surface area contributed by atoms with Crippen LogP contribution in [0.5, 0.6) is 0 Å². The average Bonchev–Trinajstić information content (AvgIpc) is 3.15. The first-order valence-corrected chi connectivity index (χ1v) is 14.6. The summed E-state index contributed by atoms with van der Waals surface area (Å²) in [6.07, 6.45) is -1.78. The molecule has 0 bridgehead atoms. The second kappa shape index (κ2) is 12.3. The molecule has 9 nitrogen and oxygen atoms in total. The number of benzene rings is 1. The largest absolute Gasteiger partial charge is 0.442 e. The lowest BCUT2D eigenvalue weighted by molar-refractivity contribution is -0.122. The van der Waals surface area contributed by atoms with Gasteiger partial charge in [0.1, 0.15) is 18.1 Å². The third-order valence-electron chi connectivity index (χ3n) is 5.88. The van der Waals surface area contributed by atoms with Crippen molar-refractivity contribution in [3.63, 3.8) is 0 Å². The van der Waals surface area contributed by atoms with Crippen LogP contribution >= 0.6 is 82.6 Å². The summed E-state index contributed by atoms with van der Waals surface area (Å²) in [6, 6.07) is 4.41. The molecule has 2 aliphatic heterocycles. The lowest BCUT2D eigenvalue weighted by Gasteiger charge is -2.47. The number of carbonyl (C=O) groups excluding carboxylic acids is 3. The lowest BCUT2D eigenvalue weighted by atomic mass is 10.1. The Bertz CT molecular complexity index is 1050. The normalized spacial score (nSPS) is 22.0. The molecule has 37 heavy (non-hydrogen) atoms. The number of anilines is 2. The first kappa shape index (κ1) is 31.0. The van der Waals surface area contributed by atoms with Crippen molar-refractivity contribution < 1.29 is 23.5 Å². The van der Waals surface area contributed by atoms with Crippen molar-refractivity contribution in [2.75, 3.05) is 42.5 Å². The summed E-state index contributed by atoms with van der Waals surface area (Å²) >= 11 is 27.6. The highest BCUT2D eigenvalue weighted by Gasteiger charge is 2.44. The number of hydrogen-bond donors (Lipinski definition) is 2. The van der Waals surface area contributed by atoms with E-state index in [0.29, 0.717) is 31.0 Å². The molecule has 3 amide bonds. The highest BCUT2D eigenvalue weighted by Crippen LogP contribution is 2.41. The Hall–Kier alpha value is -0.570. The van der Waals surface area contributed by atoms with Crippen LogP contribution in [0.2, 0.25) is 0 Å². The van der Waals surface area contributed by atoms with Crippen LogP contribution in [-0.2, 0) is 14.3 Å². The fraction of sp³-hybridized carbons (Fsp3) is 0.571. The van der Waals surface area contributed by atoms with Crippen molar-refractivity contribution in [1.29, 1.82) is 0 Å². The summed E-state index contributed by atoms with van der Waals surface area (Å²) < 4.78 is 17.4. The number of halogens is 7. The van der Waals surface area contributed by atoms with E-state index in [9.17, 15) is 14.4 Å². The lowest BCUT2D eigenvalue weighted by Crippen LogP contribution is -2.64. The van der Waals surface area contributed by atoms with Crippen molar-refractivity contribution >= 4 is 112 Å². The minimum Gasteiger partial charge on any atom is -0.442 e. The second-order valence-corrected chi connectivity index (χ2v) is 17.9. The highest BCUT2D eigenvalue weighted by molar-refractivity contribution is 9.39. The van der Waals surface area contributed by atoms with Gasteiger partial charge in [-0.25, -0.2) is 9.18 Å². The molecule has 0 aliphatic carbocycles. The molecular formula is C21H24Br3Cl3FN5O4. The van der Waals surface area contributed by atoms with E-state index in [1.807, 2.05) is 16.7 Å². The van der Waals surface area contributed by atoms with Crippen LogP contribution in [0, 0.1) is 5.82 Å². The number of nitrogens with one attached hydrogen (secondary N) is 2. The van der Waals surface area contributed by atoms with Crippen LogP contribution in [0.15, 0.2) is 18.2 Å². The van der Waals surface area contributed by atoms with Gasteiger partial charge in [0, 0.05) is 32.6 Å². The van der Waals surface area contributed by atoms with Gasteiger partial charge in [-0.05, 0) is 25.1 Å². The molecule has 1 aromatic rings. The minimum atomic E-state index is -2.14. The van der Waals surface area contributed by atoms with Gasteiger partial charge < -0.3 is 20.3 Å². The van der Waals surface area contributed by atoms with E-state index in [2.05, 4.69) is 58.4 Å². The number of nitrogens with zero attached hydrogens (tertiary/aromatic N) is 3. The smallest absolute Gasteiger partial charge is 0.414 e. The second-order valence-electron chi connectivity index (χ2n) is 8.64. The van der Waals surface area contributed by atoms with E-state index in [4.69, 9.17) is 39.5 Å². The molecule has 2 unspecified atom stereocenters. The Morgan fingerprint density at radius 2 is 1.89 bits per heavy atom. The number of ether oxygens (including phenoxy) is 1. The third-order valence-corrected chi connectivity index (χ3v) is 7.70. The van der Waals surface area contributed by atoms with Crippen LogP contribution in [0.3, 0.4) is 0 Å². The maximum Gasteiger partial charge on any atom is 0.414 e. The molecule has 1 aromatic carbocycles. The molecule has 3 atom stereocenters. The number of cyclic esters (lactones) is 1. The van der Waals surface area contributed by atoms with Crippen molar-refractivity contribution in [3.05, 3.63) is 24.0 Å². The molecule has 0 aromatic heterocycles. The van der Waals surface area contributed by atoms with Crippen LogP contribution in [0.4, 0.5) is 20.6 Å². The van der Waals surface area contributed by atoms with Crippen molar-refractivity contribution in [2.24, 2.45) is 0 Å². The Balaban J connectivity index is 1.69. The fourth-order valence-electron chi connectivity index (χ4n) is 4.15. The van der Waals surface area contributed by atoms with Gasteiger partial charge in [-0.15, -0.1) is 0 Å². The molecule has 206 valence electrons. The zero-order chi connectivity index (χ0) is 27.7. The molecule has 16 heteroatoms.